The molecule has 1 N–H and O–H groups in total. The smallest absolute Gasteiger partial charge is 0.314 e. The minimum absolute atomic E-state index is 0.224. The number of esters is 2. The summed E-state index contributed by atoms with van der Waals surface area (Å²) in [4.78, 5) is 24.8. The van der Waals surface area contributed by atoms with Crippen LogP contribution in [0.2, 0.25) is 0 Å². The van der Waals surface area contributed by atoms with E-state index in [-0.39, 0.29) is 23.8 Å². The summed E-state index contributed by atoms with van der Waals surface area (Å²) in [7, 11) is 1.62. The van der Waals surface area contributed by atoms with E-state index in [0.717, 1.165) is 5.56 Å². The zero-order valence-corrected chi connectivity index (χ0v) is 16.3. The van der Waals surface area contributed by atoms with Crippen LogP contribution in [-0.2, 0) is 9.59 Å². The van der Waals surface area contributed by atoms with Crippen molar-refractivity contribution in [1.29, 1.82) is 0 Å². The van der Waals surface area contributed by atoms with E-state index in [1.807, 2.05) is 0 Å². The van der Waals surface area contributed by atoms with E-state index in [2.05, 4.69) is 5.92 Å². The van der Waals surface area contributed by atoms with Gasteiger partial charge in [-0.3, -0.25) is 9.59 Å². The molecule has 150 valence electrons. The average molecular weight is 391 g/mol. The molecule has 2 aromatic carbocycles. The summed E-state index contributed by atoms with van der Waals surface area (Å²) in [6, 6.07) is 13.6. The summed E-state index contributed by atoms with van der Waals surface area (Å²) in [5.74, 6) is 9.94. The first kappa shape index (κ1) is 20.4. The summed E-state index contributed by atoms with van der Waals surface area (Å²) < 4.78 is 10.9. The number of nitrogens with one attached hydrogen (secondary N) is 1. The standard InChI is InChI=1S/C23H23N2O4/c1-3-16-4-12-20(13-5-16)28-22(26)17-6-8-18(9-7-17)23(27)29-21-14-10-19(11-15-21)25(2)24/h1,4-5,10-15,17-18,24H,6-9H2,2H3/q-1. The molecule has 0 bridgehead atoms. The van der Waals surface area contributed by atoms with Gasteiger partial charge >= 0.3 is 11.9 Å². The lowest BCUT2D eigenvalue weighted by Crippen LogP contribution is -2.30. The van der Waals surface area contributed by atoms with Crippen molar-refractivity contribution in [2.75, 3.05) is 12.1 Å². The lowest BCUT2D eigenvalue weighted by atomic mass is 9.82. The normalized spacial score (nSPS) is 18.4. The number of terminal acetylenes is 1. The van der Waals surface area contributed by atoms with Crippen LogP contribution in [0.4, 0.5) is 5.69 Å². The van der Waals surface area contributed by atoms with E-state index in [0.29, 0.717) is 42.9 Å². The van der Waals surface area contributed by atoms with Gasteiger partial charge in [-0.25, -0.2) is 0 Å². The lowest BCUT2D eigenvalue weighted by molar-refractivity contribution is -0.145. The molecule has 0 spiro atoms. The third kappa shape index (κ3) is 5.37. The first-order valence-electron chi connectivity index (χ1n) is 9.51. The molecule has 1 saturated carbocycles. The van der Waals surface area contributed by atoms with E-state index in [4.69, 9.17) is 21.7 Å². The van der Waals surface area contributed by atoms with Crippen LogP contribution < -0.4 is 14.5 Å². The Morgan fingerprint density at radius 3 is 1.69 bits per heavy atom. The van der Waals surface area contributed by atoms with Crippen LogP contribution >= 0.6 is 0 Å². The van der Waals surface area contributed by atoms with Crippen LogP contribution in [0, 0.1) is 24.2 Å². The molecule has 0 amide bonds. The Balaban J connectivity index is 1.48. The van der Waals surface area contributed by atoms with Gasteiger partial charge in [0.15, 0.2) is 0 Å². The van der Waals surface area contributed by atoms with Gasteiger partial charge in [-0.05, 0) is 81.3 Å². The van der Waals surface area contributed by atoms with Crippen molar-refractivity contribution in [2.45, 2.75) is 25.7 Å². The van der Waals surface area contributed by atoms with Crippen LogP contribution in [0.15, 0.2) is 48.5 Å². The molecule has 1 aliphatic rings. The van der Waals surface area contributed by atoms with Crippen molar-refractivity contribution in [1.82, 2.24) is 0 Å². The summed E-state index contributed by atoms with van der Waals surface area (Å²) >= 11 is 0. The third-order valence-corrected chi connectivity index (χ3v) is 5.08. The Morgan fingerprint density at radius 1 is 0.897 bits per heavy atom. The molecule has 6 nitrogen and oxygen atoms in total. The van der Waals surface area contributed by atoms with Crippen LogP contribution in [-0.4, -0.2) is 19.0 Å². The Kier molecular flexibility index (Phi) is 6.53. The average Bonchev–Trinajstić information content (AvgIpc) is 2.74. The van der Waals surface area contributed by atoms with Crippen molar-refractivity contribution in [3.63, 3.8) is 0 Å². The number of rotatable bonds is 5. The summed E-state index contributed by atoms with van der Waals surface area (Å²) in [5.41, 5.74) is 1.43. The van der Waals surface area contributed by atoms with E-state index in [9.17, 15) is 9.59 Å². The molecule has 0 saturated heterocycles. The molecule has 0 atom stereocenters. The van der Waals surface area contributed by atoms with E-state index in [1.165, 1.54) is 5.01 Å². The molecule has 1 aliphatic carbocycles. The van der Waals surface area contributed by atoms with Crippen LogP contribution in [0.1, 0.15) is 31.2 Å². The predicted octanol–water partition coefficient (Wildman–Crippen LogP) is 4.39. The molecule has 29 heavy (non-hydrogen) atoms. The maximum atomic E-state index is 12.4. The van der Waals surface area contributed by atoms with E-state index in [1.54, 1.807) is 55.6 Å². The molecule has 0 heterocycles. The molecule has 3 rings (SSSR count). The number of benzene rings is 2. The number of carbonyl (C=O) groups excluding carboxylic acids is 2. The molecule has 2 aromatic rings. The van der Waals surface area contributed by atoms with Crippen LogP contribution in [0.25, 0.3) is 5.84 Å². The Hall–Kier alpha value is -3.30. The molecule has 6 heteroatoms. The number of hydrogen-bond acceptors (Lipinski definition) is 5. The molecular formula is C23H23N2O4-. The van der Waals surface area contributed by atoms with Crippen molar-refractivity contribution in [3.05, 3.63) is 59.9 Å². The van der Waals surface area contributed by atoms with E-state index >= 15 is 0 Å². The van der Waals surface area contributed by atoms with Crippen LogP contribution in [0.5, 0.6) is 11.5 Å². The van der Waals surface area contributed by atoms with Crippen molar-refractivity contribution < 1.29 is 19.1 Å². The van der Waals surface area contributed by atoms with Gasteiger partial charge in [0.1, 0.15) is 11.5 Å². The quantitative estimate of drug-likeness (QED) is 0.327. The second-order valence-corrected chi connectivity index (χ2v) is 7.11. The van der Waals surface area contributed by atoms with Gasteiger partial charge in [-0.2, -0.15) is 0 Å². The number of nitrogens with zero attached hydrogens (tertiary/aromatic N) is 1. The highest BCUT2D eigenvalue weighted by atomic mass is 16.5. The zero-order valence-electron chi connectivity index (χ0n) is 16.3. The number of carbonyl (C=O) groups is 2. The Bertz CT molecular complexity index is 890. The maximum Gasteiger partial charge on any atom is 0.314 e. The van der Waals surface area contributed by atoms with Crippen molar-refractivity contribution in [3.8, 4) is 23.8 Å². The summed E-state index contributed by atoms with van der Waals surface area (Å²) in [6.07, 6.45) is 7.66. The molecule has 0 radical (unpaired) electrons. The number of anilines is 1. The number of hydrogen-bond donors (Lipinski definition) is 0. The van der Waals surface area contributed by atoms with Gasteiger partial charge in [-0.15, -0.1) is 6.42 Å². The highest BCUT2D eigenvalue weighted by Gasteiger charge is 2.32. The summed E-state index contributed by atoms with van der Waals surface area (Å²) in [5, 5.41) is 1.23. The largest absolute Gasteiger partial charge is 0.584 e. The first-order chi connectivity index (χ1) is 14.0. The molecule has 1 fully saturated rings. The minimum Gasteiger partial charge on any atom is -0.584 e. The molecular weight excluding hydrogens is 368 g/mol. The Labute approximate surface area is 170 Å². The zero-order chi connectivity index (χ0) is 20.8. The second-order valence-electron chi connectivity index (χ2n) is 7.11. The fraction of sp³-hybridized carbons (Fsp3) is 0.304. The summed E-state index contributed by atoms with van der Waals surface area (Å²) in [6.45, 7) is 0. The second kappa shape index (κ2) is 9.26. The predicted molar refractivity (Wildman–Crippen MR) is 110 cm³/mol. The number of ether oxygens (including phenoxy) is 2. The Morgan fingerprint density at radius 2 is 1.31 bits per heavy atom. The molecule has 0 unspecified atom stereocenters. The van der Waals surface area contributed by atoms with Gasteiger partial charge in [0.2, 0.25) is 0 Å². The fourth-order valence-electron chi connectivity index (χ4n) is 3.32. The SMILES string of the molecule is C#Cc1ccc(OC(=O)C2CCC(C(=O)Oc3ccc(N(C)[NH-])cc3)CC2)cc1. The van der Waals surface area contributed by atoms with Crippen molar-refractivity contribution >= 4 is 17.6 Å². The molecule has 0 aliphatic heterocycles. The van der Waals surface area contributed by atoms with Gasteiger partial charge in [0.25, 0.3) is 0 Å². The van der Waals surface area contributed by atoms with Gasteiger partial charge in [0.05, 0.1) is 11.8 Å². The lowest BCUT2D eigenvalue weighted by Gasteiger charge is -2.26. The molecule has 0 aromatic heterocycles. The first-order valence-corrected chi connectivity index (χ1v) is 9.51. The van der Waals surface area contributed by atoms with E-state index < -0.39 is 0 Å². The fourth-order valence-corrected chi connectivity index (χ4v) is 3.32. The minimum atomic E-state index is -0.284. The third-order valence-electron chi connectivity index (χ3n) is 5.08. The van der Waals surface area contributed by atoms with Crippen molar-refractivity contribution in [2.24, 2.45) is 11.8 Å². The highest BCUT2D eigenvalue weighted by Crippen LogP contribution is 2.31. The maximum absolute atomic E-state index is 12.4. The van der Waals surface area contributed by atoms with Gasteiger partial charge in [0, 0.05) is 11.3 Å². The topological polar surface area (TPSA) is 79.6 Å². The monoisotopic (exact) mass is 391 g/mol. The van der Waals surface area contributed by atoms with Gasteiger partial charge in [-0.1, -0.05) is 5.92 Å². The van der Waals surface area contributed by atoms with Gasteiger partial charge < -0.3 is 20.3 Å². The highest BCUT2D eigenvalue weighted by molar-refractivity contribution is 5.78. The van der Waals surface area contributed by atoms with Crippen LogP contribution in [0.3, 0.4) is 0 Å².